The van der Waals surface area contributed by atoms with E-state index in [4.69, 9.17) is 16.3 Å². The van der Waals surface area contributed by atoms with Crippen molar-refractivity contribution in [2.45, 2.75) is 43.9 Å². The van der Waals surface area contributed by atoms with Gasteiger partial charge in [-0.15, -0.1) is 10.2 Å². The molecule has 1 fully saturated rings. The van der Waals surface area contributed by atoms with Gasteiger partial charge in [-0.2, -0.15) is 0 Å². The van der Waals surface area contributed by atoms with Crippen LogP contribution in [0.25, 0.3) is 0 Å². The number of ether oxygens (including phenoxy) is 1. The molecule has 0 saturated carbocycles. The number of rotatable bonds is 8. The Kier molecular flexibility index (Phi) is 7.17. The smallest absolute Gasteiger partial charge is 0.291 e. The lowest BCUT2D eigenvalue weighted by Crippen LogP contribution is -2.40. The average Bonchev–Trinajstić information content (AvgIpc) is 3.20. The van der Waals surface area contributed by atoms with E-state index in [2.05, 4.69) is 19.9 Å². The lowest BCUT2D eigenvalue weighted by Gasteiger charge is -2.33. The highest BCUT2D eigenvalue weighted by atomic mass is 35.5. The van der Waals surface area contributed by atoms with Crippen LogP contribution in [0.3, 0.4) is 0 Å². The van der Waals surface area contributed by atoms with Crippen molar-refractivity contribution in [1.29, 1.82) is 0 Å². The van der Waals surface area contributed by atoms with Crippen molar-refractivity contribution in [3.63, 3.8) is 0 Å². The first kappa shape index (κ1) is 23.9. The number of nitrogens with zero attached hydrogens (tertiary/aromatic N) is 6. The average molecular weight is 498 g/mol. The number of carbonyl (C=O) groups is 1. The Labute approximate surface area is 198 Å². The summed E-state index contributed by atoms with van der Waals surface area (Å²) in [5.74, 6) is 1.18. The summed E-state index contributed by atoms with van der Waals surface area (Å²) in [5, 5.41) is 7.86. The quantitative estimate of drug-likeness (QED) is 0.571. The topological polar surface area (TPSA) is 123 Å². The monoisotopic (exact) mass is 497 g/mol. The van der Waals surface area contributed by atoms with Crippen molar-refractivity contribution < 1.29 is 17.9 Å². The predicted octanol–water partition coefficient (Wildman–Crippen LogP) is 0.938. The zero-order valence-electron chi connectivity index (χ0n) is 18.7. The van der Waals surface area contributed by atoms with Crippen molar-refractivity contribution in [3.05, 3.63) is 28.8 Å². The number of fused-ring (bicyclic) bond motifs is 1. The molecule has 13 heteroatoms. The highest BCUT2D eigenvalue weighted by Crippen LogP contribution is 2.26. The van der Waals surface area contributed by atoms with E-state index in [1.54, 1.807) is 28.6 Å². The maximum absolute atomic E-state index is 13.0. The maximum Gasteiger partial charge on any atom is 0.291 e. The van der Waals surface area contributed by atoms with Gasteiger partial charge in [0.1, 0.15) is 11.6 Å². The minimum absolute atomic E-state index is 0.0538. The van der Waals surface area contributed by atoms with Crippen molar-refractivity contribution in [1.82, 2.24) is 29.4 Å². The lowest BCUT2D eigenvalue weighted by atomic mass is 10.1. The Balaban J connectivity index is 1.44. The summed E-state index contributed by atoms with van der Waals surface area (Å²) < 4.78 is 35.9. The summed E-state index contributed by atoms with van der Waals surface area (Å²) in [6, 6.07) is 3.28. The second-order valence-electron chi connectivity index (χ2n) is 8.09. The van der Waals surface area contributed by atoms with Gasteiger partial charge in [-0.1, -0.05) is 11.6 Å². The molecular formula is C20H28ClN7O4S. The van der Waals surface area contributed by atoms with Gasteiger partial charge in [0.25, 0.3) is 15.9 Å². The summed E-state index contributed by atoms with van der Waals surface area (Å²) >= 11 is 6.21. The summed E-state index contributed by atoms with van der Waals surface area (Å²) in [7, 11) is -2.25. The molecule has 0 bridgehead atoms. The van der Waals surface area contributed by atoms with Crippen molar-refractivity contribution in [3.8, 4) is 0 Å². The van der Waals surface area contributed by atoms with E-state index in [0.717, 1.165) is 19.4 Å². The molecule has 11 nitrogen and oxygen atoms in total. The molecule has 4 rings (SSSR count). The van der Waals surface area contributed by atoms with Crippen molar-refractivity contribution >= 4 is 33.3 Å². The fourth-order valence-electron chi connectivity index (χ4n) is 4.10. The van der Waals surface area contributed by atoms with Crippen LogP contribution >= 0.6 is 11.6 Å². The van der Waals surface area contributed by atoms with E-state index in [1.807, 2.05) is 11.8 Å². The minimum Gasteiger partial charge on any atom is -0.377 e. The fraction of sp³-hybridized carbons (Fsp3) is 0.600. The zero-order chi connectivity index (χ0) is 23.6. The molecule has 1 amide bonds. The number of sulfonamides is 1. The van der Waals surface area contributed by atoms with Crippen LogP contribution in [0.5, 0.6) is 0 Å². The summed E-state index contributed by atoms with van der Waals surface area (Å²) in [4.78, 5) is 20.1. The Morgan fingerprint density at radius 2 is 2.06 bits per heavy atom. The number of likely N-dealkylation sites (N-methyl/N-ethyl adjacent to an activating group) is 1. The first-order valence-corrected chi connectivity index (χ1v) is 12.9. The van der Waals surface area contributed by atoms with Crippen LogP contribution in [-0.2, 0) is 27.7 Å². The van der Waals surface area contributed by atoms with Crippen molar-refractivity contribution in [2.24, 2.45) is 0 Å². The normalized spacial score (nSPS) is 19.1. The van der Waals surface area contributed by atoms with Crippen LogP contribution in [0.4, 0.5) is 5.82 Å². The zero-order valence-corrected chi connectivity index (χ0v) is 20.3. The van der Waals surface area contributed by atoms with Crippen LogP contribution < -0.4 is 9.62 Å². The third-order valence-corrected chi connectivity index (χ3v) is 7.64. The molecule has 1 unspecified atom stereocenters. The first-order valence-electron chi connectivity index (χ1n) is 11.0. The van der Waals surface area contributed by atoms with Gasteiger partial charge in [-0.25, -0.2) is 18.1 Å². The molecular weight excluding hydrogens is 470 g/mol. The van der Waals surface area contributed by atoms with E-state index in [1.165, 1.54) is 0 Å². The Hall–Kier alpha value is -2.28. The summed E-state index contributed by atoms with van der Waals surface area (Å²) in [6.45, 7) is 5.22. The van der Waals surface area contributed by atoms with Crippen molar-refractivity contribution in [2.75, 3.05) is 44.7 Å². The summed E-state index contributed by atoms with van der Waals surface area (Å²) in [5.41, 5.74) is 0. The maximum atomic E-state index is 13.0. The Bertz CT molecular complexity index is 1120. The number of amides is 1. The molecule has 4 heterocycles. The van der Waals surface area contributed by atoms with Crippen LogP contribution in [0.1, 0.15) is 36.2 Å². The molecule has 1 atom stereocenters. The Morgan fingerprint density at radius 1 is 1.24 bits per heavy atom. The van der Waals surface area contributed by atoms with E-state index >= 15 is 0 Å². The molecule has 0 aromatic carbocycles. The third kappa shape index (κ3) is 5.13. The van der Waals surface area contributed by atoms with Gasteiger partial charge in [-0.3, -0.25) is 4.79 Å². The number of halogens is 1. The Morgan fingerprint density at radius 3 is 2.85 bits per heavy atom. The van der Waals surface area contributed by atoms with Gasteiger partial charge in [0, 0.05) is 52.8 Å². The van der Waals surface area contributed by atoms with Gasteiger partial charge in [0.2, 0.25) is 5.82 Å². The fourth-order valence-corrected chi connectivity index (χ4v) is 5.55. The highest BCUT2D eigenvalue weighted by Gasteiger charge is 2.28. The van der Waals surface area contributed by atoms with Crippen LogP contribution in [0.15, 0.2) is 17.2 Å². The lowest BCUT2D eigenvalue weighted by molar-refractivity contribution is 0.0525. The van der Waals surface area contributed by atoms with Crippen LogP contribution in [0.2, 0.25) is 5.02 Å². The molecule has 0 radical (unpaired) electrons. The number of nitrogens with one attached hydrogen (secondary N) is 1. The summed E-state index contributed by atoms with van der Waals surface area (Å²) in [6.07, 6.45) is 2.29. The van der Waals surface area contributed by atoms with E-state index < -0.39 is 10.0 Å². The molecule has 180 valence electrons. The van der Waals surface area contributed by atoms with Gasteiger partial charge in [0.15, 0.2) is 5.03 Å². The third-order valence-electron chi connectivity index (χ3n) is 5.82. The molecule has 0 spiro atoms. The van der Waals surface area contributed by atoms with Gasteiger partial charge >= 0.3 is 0 Å². The second kappa shape index (κ2) is 9.92. The largest absolute Gasteiger partial charge is 0.377 e. The van der Waals surface area contributed by atoms with Gasteiger partial charge < -0.3 is 19.1 Å². The molecule has 33 heavy (non-hydrogen) atoms. The first-order chi connectivity index (χ1) is 15.8. The molecule has 2 aromatic rings. The minimum atomic E-state index is -3.95. The van der Waals surface area contributed by atoms with Crippen LogP contribution in [0, 0.1) is 0 Å². The number of hydrogen-bond acceptors (Lipinski definition) is 8. The number of carbonyl (C=O) groups excluding carboxylic acids is 1. The molecule has 2 aliphatic rings. The molecule has 2 aromatic heterocycles. The number of piperidine rings is 1. The predicted molar refractivity (Wildman–Crippen MR) is 122 cm³/mol. The van der Waals surface area contributed by atoms with E-state index in [9.17, 15) is 13.2 Å². The number of pyridine rings is 1. The highest BCUT2D eigenvalue weighted by molar-refractivity contribution is 7.89. The number of anilines is 1. The SMILES string of the molecule is CCOC1CCCN(c2ccc(Cl)c(S(=O)(=O)NCCc3nnc4n3CCN(C)C4=O)n2)C1. The van der Waals surface area contributed by atoms with Gasteiger partial charge in [-0.05, 0) is 31.9 Å². The molecule has 1 saturated heterocycles. The second-order valence-corrected chi connectivity index (χ2v) is 10.2. The standard InChI is InChI=1S/C20H28ClN7O4S/c1-3-32-14-5-4-10-27(13-14)16-7-6-15(21)19(23-16)33(30,31)22-9-8-17-24-25-18-20(29)26(2)11-12-28(17)18/h6-7,14,22H,3-5,8-13H2,1-2H3. The van der Waals surface area contributed by atoms with E-state index in [-0.39, 0.29) is 40.8 Å². The molecule has 1 N–H and O–H groups in total. The molecule has 2 aliphatic heterocycles. The molecule has 0 aliphatic carbocycles. The van der Waals surface area contributed by atoms with Gasteiger partial charge in [0.05, 0.1) is 11.1 Å². The van der Waals surface area contributed by atoms with E-state index in [0.29, 0.717) is 37.9 Å². The van der Waals surface area contributed by atoms with Crippen LogP contribution in [-0.4, -0.2) is 84.9 Å². The number of hydrogen-bond donors (Lipinski definition) is 1. The number of aromatic nitrogens is 4.